The number of benzene rings is 3. The van der Waals surface area contributed by atoms with Crippen molar-refractivity contribution in [3.05, 3.63) is 95.6 Å². The van der Waals surface area contributed by atoms with Gasteiger partial charge in [-0.15, -0.1) is 0 Å². The summed E-state index contributed by atoms with van der Waals surface area (Å²) in [6.45, 7) is 0. The van der Waals surface area contributed by atoms with Crippen LogP contribution in [0.1, 0.15) is 16.7 Å². The number of ether oxygens (including phenoxy) is 1. The third kappa shape index (κ3) is 1.87. The lowest BCUT2D eigenvalue weighted by molar-refractivity contribution is -0.135. The molecule has 3 aromatic rings. The molecule has 4 rings (SSSR count). The average molecular weight is 302 g/mol. The van der Waals surface area contributed by atoms with Crippen molar-refractivity contribution in [1.29, 1.82) is 0 Å². The van der Waals surface area contributed by atoms with E-state index in [1.165, 1.54) is 6.07 Å². The molecule has 112 valence electrons. The van der Waals surface area contributed by atoms with E-state index in [0.717, 1.165) is 11.1 Å². The molecule has 1 aliphatic rings. The summed E-state index contributed by atoms with van der Waals surface area (Å²) in [5, 5.41) is 9.94. The number of phenolic OH excluding ortho intramolecular Hbond substituents is 1. The molecule has 0 aromatic heterocycles. The molecule has 1 heterocycles. The van der Waals surface area contributed by atoms with Gasteiger partial charge in [0.1, 0.15) is 16.9 Å². The Kier molecular flexibility index (Phi) is 2.95. The van der Waals surface area contributed by atoms with Crippen LogP contribution in [0.3, 0.4) is 0 Å². The topological polar surface area (TPSA) is 46.5 Å². The van der Waals surface area contributed by atoms with Crippen LogP contribution in [0, 0.1) is 0 Å². The highest BCUT2D eigenvalue weighted by Gasteiger charge is 2.52. The van der Waals surface area contributed by atoms with Gasteiger partial charge in [-0.3, -0.25) is 0 Å². The lowest BCUT2D eigenvalue weighted by atomic mass is 9.70. The second-order valence-electron chi connectivity index (χ2n) is 5.55. The predicted octanol–water partition coefficient (Wildman–Crippen LogP) is 3.65. The number of phenols is 1. The quantitative estimate of drug-likeness (QED) is 0.580. The molecule has 3 nitrogen and oxygen atoms in total. The SMILES string of the molecule is O=C1Oc2ccc(O)cc2C1(c1ccccc1)c1ccccc1. The Hall–Kier alpha value is -3.07. The second-order valence-corrected chi connectivity index (χ2v) is 5.55. The maximum Gasteiger partial charge on any atom is 0.331 e. The molecule has 1 N–H and O–H groups in total. The lowest BCUT2D eigenvalue weighted by Gasteiger charge is -2.27. The first kappa shape index (κ1) is 13.6. The van der Waals surface area contributed by atoms with Crippen molar-refractivity contribution in [3.8, 4) is 11.5 Å². The van der Waals surface area contributed by atoms with Crippen LogP contribution < -0.4 is 4.74 Å². The normalized spacial score (nSPS) is 15.0. The zero-order chi connectivity index (χ0) is 15.9. The van der Waals surface area contributed by atoms with Crippen molar-refractivity contribution >= 4 is 5.97 Å². The summed E-state index contributed by atoms with van der Waals surface area (Å²) in [6, 6.07) is 23.8. The van der Waals surface area contributed by atoms with Gasteiger partial charge in [0, 0.05) is 5.56 Å². The number of fused-ring (bicyclic) bond motifs is 1. The van der Waals surface area contributed by atoms with Gasteiger partial charge in [0.15, 0.2) is 0 Å². The maximum absolute atomic E-state index is 13.0. The third-order valence-electron chi connectivity index (χ3n) is 4.29. The Morgan fingerprint density at radius 3 is 1.91 bits per heavy atom. The summed E-state index contributed by atoms with van der Waals surface area (Å²) in [5.74, 6) is 0.245. The summed E-state index contributed by atoms with van der Waals surface area (Å²) in [7, 11) is 0. The Bertz CT molecular complexity index is 830. The number of hydrogen-bond donors (Lipinski definition) is 1. The monoisotopic (exact) mass is 302 g/mol. The van der Waals surface area contributed by atoms with Crippen molar-refractivity contribution in [3.63, 3.8) is 0 Å². The molecular formula is C20H14O3. The fourth-order valence-corrected chi connectivity index (χ4v) is 3.28. The van der Waals surface area contributed by atoms with Crippen LogP contribution in [0.4, 0.5) is 0 Å². The summed E-state index contributed by atoms with van der Waals surface area (Å²) < 4.78 is 5.54. The van der Waals surface area contributed by atoms with Crippen LogP contribution in [-0.2, 0) is 10.2 Å². The standard InChI is InChI=1S/C20H14O3/c21-16-11-12-18-17(13-16)20(19(22)23-18,14-7-3-1-4-8-14)15-9-5-2-6-10-15/h1-13,21H. The van der Waals surface area contributed by atoms with Crippen molar-refractivity contribution in [2.24, 2.45) is 0 Å². The van der Waals surface area contributed by atoms with Crippen LogP contribution >= 0.6 is 0 Å². The minimum atomic E-state index is -1.06. The molecule has 0 bridgehead atoms. The first-order valence-corrected chi connectivity index (χ1v) is 7.40. The zero-order valence-corrected chi connectivity index (χ0v) is 12.3. The fourth-order valence-electron chi connectivity index (χ4n) is 3.28. The summed E-state index contributed by atoms with van der Waals surface area (Å²) in [5.41, 5.74) is 1.25. The minimum Gasteiger partial charge on any atom is -0.508 e. The van der Waals surface area contributed by atoms with Gasteiger partial charge in [0.05, 0.1) is 0 Å². The molecule has 0 unspecified atom stereocenters. The number of hydrogen-bond acceptors (Lipinski definition) is 3. The molecule has 0 spiro atoms. The number of esters is 1. The highest BCUT2D eigenvalue weighted by molar-refractivity contribution is 5.98. The Balaban J connectivity index is 2.10. The van der Waals surface area contributed by atoms with E-state index in [-0.39, 0.29) is 11.7 Å². The Morgan fingerprint density at radius 1 is 0.783 bits per heavy atom. The third-order valence-corrected chi connectivity index (χ3v) is 4.29. The molecule has 1 aliphatic heterocycles. The largest absolute Gasteiger partial charge is 0.508 e. The van der Waals surface area contributed by atoms with E-state index in [2.05, 4.69) is 0 Å². The molecule has 0 saturated heterocycles. The number of carbonyl (C=O) groups is 1. The molecule has 0 saturated carbocycles. The van der Waals surface area contributed by atoms with Crippen LogP contribution in [-0.4, -0.2) is 11.1 Å². The molecule has 3 aromatic carbocycles. The molecule has 3 heteroatoms. The summed E-state index contributed by atoms with van der Waals surface area (Å²) in [4.78, 5) is 13.0. The van der Waals surface area contributed by atoms with Crippen LogP contribution in [0.5, 0.6) is 11.5 Å². The highest BCUT2D eigenvalue weighted by atomic mass is 16.5. The molecular weight excluding hydrogens is 288 g/mol. The smallest absolute Gasteiger partial charge is 0.331 e. The van der Waals surface area contributed by atoms with E-state index in [4.69, 9.17) is 4.74 Å². The molecule has 0 aliphatic carbocycles. The van der Waals surface area contributed by atoms with E-state index in [1.54, 1.807) is 12.1 Å². The van der Waals surface area contributed by atoms with Gasteiger partial charge < -0.3 is 9.84 Å². The highest BCUT2D eigenvalue weighted by Crippen LogP contribution is 2.49. The molecule has 0 radical (unpaired) electrons. The summed E-state index contributed by atoms with van der Waals surface area (Å²) >= 11 is 0. The number of carbonyl (C=O) groups excluding carboxylic acids is 1. The Labute approximate surface area is 133 Å². The lowest BCUT2D eigenvalue weighted by Crippen LogP contribution is -2.36. The second kappa shape index (κ2) is 4.99. The van der Waals surface area contributed by atoms with Crippen molar-refractivity contribution in [2.45, 2.75) is 5.41 Å². The first-order valence-electron chi connectivity index (χ1n) is 7.40. The van der Waals surface area contributed by atoms with Gasteiger partial charge in [0.2, 0.25) is 0 Å². The number of aromatic hydroxyl groups is 1. The van der Waals surface area contributed by atoms with Gasteiger partial charge in [-0.25, -0.2) is 4.79 Å². The van der Waals surface area contributed by atoms with Crippen LogP contribution in [0.25, 0.3) is 0 Å². The van der Waals surface area contributed by atoms with Crippen LogP contribution in [0.15, 0.2) is 78.9 Å². The van der Waals surface area contributed by atoms with Gasteiger partial charge in [-0.1, -0.05) is 60.7 Å². The molecule has 0 amide bonds. The van der Waals surface area contributed by atoms with Crippen molar-refractivity contribution in [1.82, 2.24) is 0 Å². The van der Waals surface area contributed by atoms with Gasteiger partial charge >= 0.3 is 5.97 Å². The van der Waals surface area contributed by atoms with Gasteiger partial charge in [-0.05, 0) is 29.3 Å². The average Bonchev–Trinajstić information content (AvgIpc) is 2.88. The van der Waals surface area contributed by atoms with Crippen molar-refractivity contribution in [2.75, 3.05) is 0 Å². The zero-order valence-electron chi connectivity index (χ0n) is 12.3. The van der Waals surface area contributed by atoms with E-state index in [0.29, 0.717) is 11.3 Å². The fraction of sp³-hybridized carbons (Fsp3) is 0.0500. The van der Waals surface area contributed by atoms with E-state index in [1.807, 2.05) is 60.7 Å². The molecule has 0 atom stereocenters. The molecule has 0 fully saturated rings. The van der Waals surface area contributed by atoms with Gasteiger partial charge in [-0.2, -0.15) is 0 Å². The summed E-state index contributed by atoms with van der Waals surface area (Å²) in [6.07, 6.45) is 0. The number of rotatable bonds is 2. The van der Waals surface area contributed by atoms with E-state index < -0.39 is 5.41 Å². The van der Waals surface area contributed by atoms with Crippen molar-refractivity contribution < 1.29 is 14.6 Å². The Morgan fingerprint density at radius 2 is 1.35 bits per heavy atom. The van der Waals surface area contributed by atoms with Gasteiger partial charge in [0.25, 0.3) is 0 Å². The predicted molar refractivity (Wildman–Crippen MR) is 86.5 cm³/mol. The molecule has 23 heavy (non-hydrogen) atoms. The van der Waals surface area contributed by atoms with Crippen LogP contribution in [0.2, 0.25) is 0 Å². The van der Waals surface area contributed by atoms with E-state index in [9.17, 15) is 9.90 Å². The van der Waals surface area contributed by atoms with E-state index >= 15 is 0 Å². The first-order chi connectivity index (χ1) is 11.2. The minimum absolute atomic E-state index is 0.110. The maximum atomic E-state index is 13.0.